The highest BCUT2D eigenvalue weighted by molar-refractivity contribution is 6.30. The Bertz CT molecular complexity index is 551. The van der Waals surface area contributed by atoms with E-state index in [0.717, 1.165) is 17.5 Å². The molecule has 2 aromatic carbocycles. The Morgan fingerprint density at radius 1 is 1.10 bits per heavy atom. The van der Waals surface area contributed by atoms with Gasteiger partial charge in [-0.05, 0) is 29.7 Å². The number of benzene rings is 2. The molecule has 1 amide bonds. The second kappa shape index (κ2) is 7.11. The number of amides is 1. The maximum Gasteiger partial charge on any atom is 0.227 e. The monoisotopic (exact) mass is 287 g/mol. The summed E-state index contributed by atoms with van der Waals surface area (Å²) in [6.07, 6.45) is 0.788. The highest BCUT2D eigenvalue weighted by atomic mass is 35.5. The van der Waals surface area contributed by atoms with Crippen LogP contribution in [-0.2, 0) is 11.3 Å². The van der Waals surface area contributed by atoms with Gasteiger partial charge in [0.2, 0.25) is 5.91 Å². The number of rotatable bonds is 5. The van der Waals surface area contributed by atoms with Crippen molar-refractivity contribution < 1.29 is 4.79 Å². The summed E-state index contributed by atoms with van der Waals surface area (Å²) >= 11 is 5.84. The van der Waals surface area contributed by atoms with Crippen molar-refractivity contribution in [2.75, 3.05) is 0 Å². The van der Waals surface area contributed by atoms with Crippen LogP contribution in [0.25, 0.3) is 0 Å². The maximum atomic E-state index is 12.3. The summed E-state index contributed by atoms with van der Waals surface area (Å²) in [6, 6.07) is 17.4. The van der Waals surface area contributed by atoms with Crippen molar-refractivity contribution in [1.29, 1.82) is 0 Å². The number of nitrogens with one attached hydrogen (secondary N) is 1. The lowest BCUT2D eigenvalue weighted by molar-refractivity contribution is -0.122. The molecule has 0 spiro atoms. The minimum Gasteiger partial charge on any atom is -0.351 e. The van der Waals surface area contributed by atoms with E-state index in [9.17, 15) is 4.79 Å². The van der Waals surface area contributed by atoms with Crippen molar-refractivity contribution in [3.8, 4) is 0 Å². The maximum absolute atomic E-state index is 12.3. The summed E-state index contributed by atoms with van der Waals surface area (Å²) in [5.74, 6) is -0.0304. The van der Waals surface area contributed by atoms with Crippen molar-refractivity contribution >= 4 is 17.5 Å². The standard InChI is InChI=1S/C17H18ClNO/c1-2-16(14-6-4-3-5-7-14)17(20)19-12-13-8-10-15(18)11-9-13/h3-11,16H,2,12H2,1H3,(H,19,20)/t16-/m1/s1. The van der Waals surface area contributed by atoms with Gasteiger partial charge in [-0.2, -0.15) is 0 Å². The summed E-state index contributed by atoms with van der Waals surface area (Å²) < 4.78 is 0. The highest BCUT2D eigenvalue weighted by Crippen LogP contribution is 2.19. The van der Waals surface area contributed by atoms with Crippen molar-refractivity contribution in [1.82, 2.24) is 5.32 Å². The van der Waals surface area contributed by atoms with E-state index in [2.05, 4.69) is 5.32 Å². The zero-order valence-corrected chi connectivity index (χ0v) is 12.2. The summed E-state index contributed by atoms with van der Waals surface area (Å²) in [7, 11) is 0. The van der Waals surface area contributed by atoms with Gasteiger partial charge in [0, 0.05) is 11.6 Å². The van der Waals surface area contributed by atoms with Crippen LogP contribution in [0.1, 0.15) is 30.4 Å². The van der Waals surface area contributed by atoms with Crippen molar-refractivity contribution in [3.63, 3.8) is 0 Å². The molecule has 20 heavy (non-hydrogen) atoms. The average molecular weight is 288 g/mol. The van der Waals surface area contributed by atoms with Crippen LogP contribution in [0.15, 0.2) is 54.6 Å². The van der Waals surface area contributed by atoms with Crippen LogP contribution >= 0.6 is 11.6 Å². The molecule has 2 aromatic rings. The minimum atomic E-state index is -0.0940. The Kier molecular flexibility index (Phi) is 5.19. The fourth-order valence-corrected chi connectivity index (χ4v) is 2.30. The zero-order chi connectivity index (χ0) is 14.4. The fraction of sp³-hybridized carbons (Fsp3) is 0.235. The number of hydrogen-bond donors (Lipinski definition) is 1. The van der Waals surface area contributed by atoms with Crippen LogP contribution in [0.2, 0.25) is 5.02 Å². The molecule has 0 saturated carbocycles. The normalized spacial score (nSPS) is 11.9. The van der Waals surface area contributed by atoms with Gasteiger partial charge in [0.05, 0.1) is 5.92 Å². The van der Waals surface area contributed by atoms with E-state index in [0.29, 0.717) is 11.6 Å². The van der Waals surface area contributed by atoms with E-state index in [1.165, 1.54) is 0 Å². The number of carbonyl (C=O) groups excluding carboxylic acids is 1. The summed E-state index contributed by atoms with van der Waals surface area (Å²) in [4.78, 5) is 12.3. The predicted molar refractivity (Wildman–Crippen MR) is 82.8 cm³/mol. The predicted octanol–water partition coefficient (Wildman–Crippen LogP) is 4.15. The molecule has 1 atom stereocenters. The van der Waals surface area contributed by atoms with E-state index in [1.54, 1.807) is 0 Å². The first-order valence-electron chi connectivity index (χ1n) is 6.77. The molecule has 1 N–H and O–H groups in total. The van der Waals surface area contributed by atoms with Gasteiger partial charge in [0.1, 0.15) is 0 Å². The third-order valence-electron chi connectivity index (χ3n) is 3.31. The van der Waals surface area contributed by atoms with Crippen molar-refractivity contribution in [3.05, 3.63) is 70.7 Å². The summed E-state index contributed by atoms with van der Waals surface area (Å²) in [6.45, 7) is 2.55. The highest BCUT2D eigenvalue weighted by Gasteiger charge is 2.17. The molecular formula is C17H18ClNO. The first kappa shape index (κ1) is 14.6. The van der Waals surface area contributed by atoms with Gasteiger partial charge >= 0.3 is 0 Å². The molecule has 0 radical (unpaired) electrons. The molecule has 0 aromatic heterocycles. The van der Waals surface area contributed by atoms with Gasteiger partial charge < -0.3 is 5.32 Å². The Hall–Kier alpha value is -1.80. The largest absolute Gasteiger partial charge is 0.351 e. The Labute approximate surface area is 124 Å². The van der Waals surface area contributed by atoms with Crippen LogP contribution in [-0.4, -0.2) is 5.91 Å². The van der Waals surface area contributed by atoms with Crippen molar-refractivity contribution in [2.24, 2.45) is 0 Å². The van der Waals surface area contributed by atoms with E-state index < -0.39 is 0 Å². The van der Waals surface area contributed by atoms with Gasteiger partial charge in [0.25, 0.3) is 0 Å². The minimum absolute atomic E-state index is 0.0636. The number of halogens is 1. The Morgan fingerprint density at radius 2 is 1.75 bits per heavy atom. The Balaban J connectivity index is 1.98. The molecule has 0 saturated heterocycles. The number of hydrogen-bond acceptors (Lipinski definition) is 1. The molecule has 0 unspecified atom stereocenters. The molecule has 2 rings (SSSR count). The van der Waals surface area contributed by atoms with Crippen LogP contribution in [0.5, 0.6) is 0 Å². The summed E-state index contributed by atoms with van der Waals surface area (Å²) in [5.41, 5.74) is 2.11. The molecule has 3 heteroatoms. The number of carbonyl (C=O) groups is 1. The molecule has 0 aliphatic rings. The second-order valence-corrected chi connectivity index (χ2v) is 5.15. The van der Waals surface area contributed by atoms with E-state index >= 15 is 0 Å². The lowest BCUT2D eigenvalue weighted by Crippen LogP contribution is -2.28. The lowest BCUT2D eigenvalue weighted by atomic mass is 9.95. The first-order chi connectivity index (χ1) is 9.70. The summed E-state index contributed by atoms with van der Waals surface area (Å²) in [5, 5.41) is 3.69. The van der Waals surface area contributed by atoms with E-state index in [4.69, 9.17) is 11.6 Å². The smallest absolute Gasteiger partial charge is 0.227 e. The average Bonchev–Trinajstić information content (AvgIpc) is 2.48. The third kappa shape index (κ3) is 3.84. The van der Waals surface area contributed by atoms with Gasteiger partial charge in [-0.3, -0.25) is 4.79 Å². The molecule has 2 nitrogen and oxygen atoms in total. The molecule has 0 aliphatic carbocycles. The third-order valence-corrected chi connectivity index (χ3v) is 3.56. The quantitative estimate of drug-likeness (QED) is 0.879. The molecular weight excluding hydrogens is 270 g/mol. The molecule has 104 valence electrons. The van der Waals surface area contributed by atoms with Gasteiger partial charge in [-0.1, -0.05) is 61.0 Å². The Morgan fingerprint density at radius 3 is 2.35 bits per heavy atom. The second-order valence-electron chi connectivity index (χ2n) is 4.72. The van der Waals surface area contributed by atoms with Crippen LogP contribution < -0.4 is 5.32 Å². The van der Waals surface area contributed by atoms with Crippen molar-refractivity contribution in [2.45, 2.75) is 25.8 Å². The fourth-order valence-electron chi connectivity index (χ4n) is 2.17. The van der Waals surface area contributed by atoms with Gasteiger partial charge in [-0.15, -0.1) is 0 Å². The van der Waals surface area contributed by atoms with Gasteiger partial charge in [-0.25, -0.2) is 0 Å². The van der Waals surface area contributed by atoms with E-state index in [-0.39, 0.29) is 11.8 Å². The van der Waals surface area contributed by atoms with Crippen LogP contribution in [0.4, 0.5) is 0 Å². The molecule has 0 heterocycles. The van der Waals surface area contributed by atoms with Crippen LogP contribution in [0.3, 0.4) is 0 Å². The van der Waals surface area contributed by atoms with E-state index in [1.807, 2.05) is 61.5 Å². The van der Waals surface area contributed by atoms with Crippen LogP contribution in [0, 0.1) is 0 Å². The lowest BCUT2D eigenvalue weighted by Gasteiger charge is -2.15. The molecule has 0 fully saturated rings. The first-order valence-corrected chi connectivity index (χ1v) is 7.15. The van der Waals surface area contributed by atoms with Gasteiger partial charge in [0.15, 0.2) is 0 Å². The SMILES string of the molecule is CC[C@@H](C(=O)NCc1ccc(Cl)cc1)c1ccccc1. The molecule has 0 bridgehead atoms. The topological polar surface area (TPSA) is 29.1 Å². The molecule has 0 aliphatic heterocycles. The zero-order valence-electron chi connectivity index (χ0n) is 11.5.